The molecule has 0 unspecified atom stereocenters. The smallest absolute Gasteiger partial charge is 0.410 e. The first kappa shape index (κ1) is 16.5. The molecule has 0 radical (unpaired) electrons. The molecular weight excluding hydrogens is 280 g/mol. The summed E-state index contributed by atoms with van der Waals surface area (Å²) in [4.78, 5) is 13.7. The fourth-order valence-electron chi connectivity index (χ4n) is 2.29. The Kier molecular flexibility index (Phi) is 5.24. The Hall–Kier alpha value is -1.82. The summed E-state index contributed by atoms with van der Waals surface area (Å²) in [5.74, 6) is 0. The number of aromatic nitrogens is 2. The molecule has 0 fully saturated rings. The van der Waals surface area contributed by atoms with Crippen LogP contribution in [-0.2, 0) is 18.3 Å². The van der Waals surface area contributed by atoms with Crippen molar-refractivity contribution in [2.45, 2.75) is 39.3 Å². The molecular formula is C16H26N4O2. The van der Waals surface area contributed by atoms with Crippen LogP contribution in [0.25, 0.3) is 0 Å². The van der Waals surface area contributed by atoms with Crippen molar-refractivity contribution < 1.29 is 9.53 Å². The van der Waals surface area contributed by atoms with E-state index < -0.39 is 5.60 Å². The summed E-state index contributed by atoms with van der Waals surface area (Å²) in [5, 5.41) is 7.56. The predicted molar refractivity (Wildman–Crippen MR) is 85.4 cm³/mol. The van der Waals surface area contributed by atoms with Gasteiger partial charge < -0.3 is 15.0 Å². The fraction of sp³-hybridized carbons (Fsp3) is 0.625. The van der Waals surface area contributed by atoms with Gasteiger partial charge >= 0.3 is 6.09 Å². The number of carbonyl (C=O) groups is 1. The zero-order chi connectivity index (χ0) is 16.2. The second-order valence-corrected chi connectivity index (χ2v) is 6.66. The van der Waals surface area contributed by atoms with Crippen LogP contribution in [0.3, 0.4) is 0 Å². The van der Waals surface area contributed by atoms with Crippen LogP contribution < -0.4 is 5.32 Å². The lowest BCUT2D eigenvalue weighted by molar-refractivity contribution is 0.0265. The maximum atomic E-state index is 12.0. The third kappa shape index (κ3) is 5.18. The van der Waals surface area contributed by atoms with Crippen molar-refractivity contribution in [1.82, 2.24) is 20.0 Å². The van der Waals surface area contributed by atoms with E-state index in [1.165, 1.54) is 11.1 Å². The molecule has 122 valence electrons. The summed E-state index contributed by atoms with van der Waals surface area (Å²) < 4.78 is 7.19. The maximum Gasteiger partial charge on any atom is 0.410 e. The first-order chi connectivity index (χ1) is 10.3. The number of ether oxygens (including phenoxy) is 1. The van der Waals surface area contributed by atoms with Crippen molar-refractivity contribution in [1.29, 1.82) is 0 Å². The maximum absolute atomic E-state index is 12.0. The summed E-state index contributed by atoms with van der Waals surface area (Å²) in [7, 11) is 1.92. The predicted octanol–water partition coefficient (Wildman–Crippen LogP) is 2.08. The first-order valence-electron chi connectivity index (χ1n) is 7.67. The third-order valence-electron chi connectivity index (χ3n) is 3.39. The molecule has 0 saturated heterocycles. The SMILES string of the molecule is Cn1cc(CNCC2=CCN(C(=O)OC(C)(C)C)CC2)cn1. The van der Waals surface area contributed by atoms with Crippen LogP contribution in [0, 0.1) is 0 Å². The molecule has 22 heavy (non-hydrogen) atoms. The van der Waals surface area contributed by atoms with Crippen LogP contribution in [0.2, 0.25) is 0 Å². The van der Waals surface area contributed by atoms with Crippen LogP contribution in [0.1, 0.15) is 32.8 Å². The number of aryl methyl sites for hydroxylation is 1. The van der Waals surface area contributed by atoms with Crippen LogP contribution in [0.4, 0.5) is 4.79 Å². The van der Waals surface area contributed by atoms with Gasteiger partial charge in [-0.3, -0.25) is 4.68 Å². The number of hydrogen-bond acceptors (Lipinski definition) is 4. The number of amides is 1. The molecule has 0 saturated carbocycles. The van der Waals surface area contributed by atoms with E-state index in [0.29, 0.717) is 6.54 Å². The average Bonchev–Trinajstić information content (AvgIpc) is 2.83. The highest BCUT2D eigenvalue weighted by Gasteiger charge is 2.23. The standard InChI is InChI=1S/C16H26N4O2/c1-16(2,3)22-15(21)20-7-5-13(6-8-20)9-17-10-14-11-18-19(4)12-14/h5,11-12,17H,6-10H2,1-4H3. The quantitative estimate of drug-likeness (QED) is 0.865. The number of hydrogen-bond donors (Lipinski definition) is 1. The van der Waals surface area contributed by atoms with E-state index in [9.17, 15) is 4.79 Å². The zero-order valence-electron chi connectivity index (χ0n) is 13.9. The summed E-state index contributed by atoms with van der Waals surface area (Å²) in [5.41, 5.74) is 2.07. The second-order valence-electron chi connectivity index (χ2n) is 6.66. The van der Waals surface area contributed by atoms with Gasteiger partial charge in [0.2, 0.25) is 0 Å². The van der Waals surface area contributed by atoms with Crippen LogP contribution >= 0.6 is 0 Å². The number of carbonyl (C=O) groups excluding carboxylic acids is 1. The monoisotopic (exact) mass is 306 g/mol. The van der Waals surface area contributed by atoms with E-state index in [4.69, 9.17) is 4.74 Å². The highest BCUT2D eigenvalue weighted by Crippen LogP contribution is 2.15. The van der Waals surface area contributed by atoms with Gasteiger partial charge in [0.1, 0.15) is 5.60 Å². The molecule has 0 bridgehead atoms. The van der Waals surface area contributed by atoms with Gasteiger partial charge in [-0.1, -0.05) is 11.6 Å². The first-order valence-corrected chi connectivity index (χ1v) is 7.67. The molecule has 0 atom stereocenters. The van der Waals surface area contributed by atoms with Gasteiger partial charge in [0.25, 0.3) is 0 Å². The lowest BCUT2D eigenvalue weighted by atomic mass is 10.1. The molecule has 0 aromatic carbocycles. The van der Waals surface area contributed by atoms with E-state index in [1.807, 2.05) is 40.2 Å². The van der Waals surface area contributed by atoms with Crippen molar-refractivity contribution in [2.24, 2.45) is 7.05 Å². The minimum atomic E-state index is -0.438. The van der Waals surface area contributed by atoms with Crippen LogP contribution in [0.5, 0.6) is 0 Å². The highest BCUT2D eigenvalue weighted by atomic mass is 16.6. The molecule has 1 aromatic rings. The van der Waals surface area contributed by atoms with Crippen molar-refractivity contribution in [3.8, 4) is 0 Å². The van der Waals surface area contributed by atoms with Crippen LogP contribution in [0.15, 0.2) is 24.0 Å². The van der Waals surface area contributed by atoms with Gasteiger partial charge in [0, 0.05) is 45.0 Å². The zero-order valence-corrected chi connectivity index (χ0v) is 13.9. The Morgan fingerprint density at radius 2 is 2.18 bits per heavy atom. The molecule has 1 aliphatic rings. The Morgan fingerprint density at radius 3 is 2.73 bits per heavy atom. The topological polar surface area (TPSA) is 59.4 Å². The van der Waals surface area contributed by atoms with Gasteiger partial charge in [0.15, 0.2) is 0 Å². The molecule has 1 aliphatic heterocycles. The molecule has 1 aromatic heterocycles. The fourth-order valence-corrected chi connectivity index (χ4v) is 2.29. The molecule has 0 aliphatic carbocycles. The minimum Gasteiger partial charge on any atom is -0.444 e. The van der Waals surface area contributed by atoms with Gasteiger partial charge in [-0.15, -0.1) is 0 Å². The number of nitrogens with zero attached hydrogens (tertiary/aromatic N) is 3. The van der Waals surface area contributed by atoms with Crippen molar-refractivity contribution >= 4 is 6.09 Å². The molecule has 2 rings (SSSR count). The van der Waals surface area contributed by atoms with Gasteiger partial charge in [-0.05, 0) is 27.2 Å². The molecule has 0 spiro atoms. The summed E-state index contributed by atoms with van der Waals surface area (Å²) in [6, 6.07) is 0. The lowest BCUT2D eigenvalue weighted by Gasteiger charge is -2.29. The molecule has 1 N–H and O–H groups in total. The van der Waals surface area contributed by atoms with Crippen molar-refractivity contribution in [3.63, 3.8) is 0 Å². The number of nitrogens with one attached hydrogen (secondary N) is 1. The molecule has 2 heterocycles. The Balaban J connectivity index is 1.73. The Morgan fingerprint density at radius 1 is 1.41 bits per heavy atom. The normalized spacial score (nSPS) is 15.6. The molecule has 6 heteroatoms. The van der Waals surface area contributed by atoms with Gasteiger partial charge in [-0.25, -0.2) is 4.79 Å². The van der Waals surface area contributed by atoms with E-state index in [-0.39, 0.29) is 6.09 Å². The highest BCUT2D eigenvalue weighted by molar-refractivity contribution is 5.68. The lowest BCUT2D eigenvalue weighted by Crippen LogP contribution is -2.39. The third-order valence-corrected chi connectivity index (χ3v) is 3.39. The van der Waals surface area contributed by atoms with E-state index in [2.05, 4.69) is 16.5 Å². The van der Waals surface area contributed by atoms with Crippen molar-refractivity contribution in [2.75, 3.05) is 19.6 Å². The van der Waals surface area contributed by atoms with E-state index >= 15 is 0 Å². The molecule has 1 amide bonds. The van der Waals surface area contributed by atoms with Gasteiger partial charge in [0.05, 0.1) is 6.20 Å². The average molecular weight is 306 g/mol. The minimum absolute atomic E-state index is 0.230. The van der Waals surface area contributed by atoms with E-state index in [0.717, 1.165) is 26.1 Å². The van der Waals surface area contributed by atoms with Crippen molar-refractivity contribution in [3.05, 3.63) is 29.6 Å². The summed E-state index contributed by atoms with van der Waals surface area (Å²) >= 11 is 0. The second kappa shape index (κ2) is 6.96. The molecule has 6 nitrogen and oxygen atoms in total. The largest absolute Gasteiger partial charge is 0.444 e. The van der Waals surface area contributed by atoms with Gasteiger partial charge in [-0.2, -0.15) is 5.10 Å². The van der Waals surface area contributed by atoms with Crippen LogP contribution in [-0.4, -0.2) is 46.0 Å². The Bertz CT molecular complexity index is 543. The Labute approximate surface area is 132 Å². The number of rotatable bonds is 4. The summed E-state index contributed by atoms with van der Waals surface area (Å²) in [6.45, 7) is 8.65. The summed E-state index contributed by atoms with van der Waals surface area (Å²) in [6.07, 6.45) is 6.65. The van der Waals surface area contributed by atoms with E-state index in [1.54, 1.807) is 9.58 Å².